The van der Waals surface area contributed by atoms with Gasteiger partial charge >= 0.3 is 0 Å². The van der Waals surface area contributed by atoms with Gasteiger partial charge in [-0.05, 0) is 37.1 Å². The van der Waals surface area contributed by atoms with Crippen LogP contribution in [0.5, 0.6) is 5.75 Å². The minimum absolute atomic E-state index is 0.0253. The van der Waals surface area contributed by atoms with Crippen LogP contribution in [0.25, 0.3) is 0 Å². The van der Waals surface area contributed by atoms with E-state index in [4.69, 9.17) is 5.73 Å². The Morgan fingerprint density at radius 3 is 2.42 bits per heavy atom. The first-order valence-corrected chi connectivity index (χ1v) is 7.02. The van der Waals surface area contributed by atoms with Gasteiger partial charge in [-0.25, -0.2) is 0 Å². The van der Waals surface area contributed by atoms with E-state index in [2.05, 4.69) is 0 Å². The summed E-state index contributed by atoms with van der Waals surface area (Å²) >= 11 is 0. The molecule has 0 aliphatic heterocycles. The molecule has 2 rings (SSSR count). The monoisotopic (exact) mass is 262 g/mol. The van der Waals surface area contributed by atoms with Gasteiger partial charge < -0.3 is 15.7 Å². The van der Waals surface area contributed by atoms with Gasteiger partial charge in [-0.2, -0.15) is 0 Å². The maximum atomic E-state index is 12.5. The predicted octanol–water partition coefficient (Wildman–Crippen LogP) is 2.13. The molecule has 0 aromatic heterocycles. The summed E-state index contributed by atoms with van der Waals surface area (Å²) in [6.07, 6.45) is 5.79. The van der Waals surface area contributed by atoms with Crippen LogP contribution in [0.4, 0.5) is 0 Å². The van der Waals surface area contributed by atoms with Crippen molar-refractivity contribution in [2.75, 3.05) is 13.1 Å². The van der Waals surface area contributed by atoms with Gasteiger partial charge in [0.1, 0.15) is 5.75 Å². The average Bonchev–Trinajstić information content (AvgIpc) is 2.46. The SMILES string of the molecule is NCCN(C(=O)c1ccc(O)cc1)C1CCCCC1. The van der Waals surface area contributed by atoms with Crippen LogP contribution in [-0.4, -0.2) is 35.0 Å². The highest BCUT2D eigenvalue weighted by molar-refractivity contribution is 5.94. The van der Waals surface area contributed by atoms with Gasteiger partial charge in [0.15, 0.2) is 0 Å². The summed E-state index contributed by atoms with van der Waals surface area (Å²) in [6.45, 7) is 1.09. The Balaban J connectivity index is 2.13. The fourth-order valence-corrected chi connectivity index (χ4v) is 2.75. The quantitative estimate of drug-likeness (QED) is 0.873. The summed E-state index contributed by atoms with van der Waals surface area (Å²) in [7, 11) is 0. The number of carbonyl (C=O) groups is 1. The zero-order valence-corrected chi connectivity index (χ0v) is 11.2. The standard InChI is InChI=1S/C15H22N2O2/c16-10-11-17(13-4-2-1-3-5-13)15(19)12-6-8-14(18)9-7-12/h6-9,13,18H,1-5,10-11,16H2. The number of amides is 1. The van der Waals surface area contributed by atoms with Crippen molar-refractivity contribution in [3.05, 3.63) is 29.8 Å². The lowest BCUT2D eigenvalue weighted by Crippen LogP contribution is -2.44. The largest absolute Gasteiger partial charge is 0.508 e. The minimum atomic E-state index is 0.0253. The van der Waals surface area contributed by atoms with E-state index in [1.807, 2.05) is 4.90 Å². The van der Waals surface area contributed by atoms with Gasteiger partial charge in [0.2, 0.25) is 0 Å². The maximum Gasteiger partial charge on any atom is 0.254 e. The summed E-state index contributed by atoms with van der Waals surface area (Å²) in [5.41, 5.74) is 6.26. The molecule has 19 heavy (non-hydrogen) atoms. The lowest BCUT2D eigenvalue weighted by atomic mass is 9.93. The van der Waals surface area contributed by atoms with Crippen LogP contribution in [0.2, 0.25) is 0 Å². The van der Waals surface area contributed by atoms with Gasteiger partial charge in [-0.15, -0.1) is 0 Å². The second-order valence-electron chi connectivity index (χ2n) is 5.13. The fraction of sp³-hybridized carbons (Fsp3) is 0.533. The number of phenolic OH excluding ortho intramolecular Hbond substituents is 1. The van der Waals surface area contributed by atoms with E-state index in [0.29, 0.717) is 24.7 Å². The number of hydrogen-bond acceptors (Lipinski definition) is 3. The molecule has 4 heteroatoms. The molecule has 0 spiro atoms. The highest BCUT2D eigenvalue weighted by atomic mass is 16.3. The number of rotatable bonds is 4. The molecule has 0 radical (unpaired) electrons. The van der Waals surface area contributed by atoms with Crippen molar-refractivity contribution in [1.82, 2.24) is 4.90 Å². The number of hydrogen-bond donors (Lipinski definition) is 2. The maximum absolute atomic E-state index is 12.5. The molecule has 1 aliphatic rings. The molecule has 1 saturated carbocycles. The van der Waals surface area contributed by atoms with Crippen molar-refractivity contribution in [3.8, 4) is 5.75 Å². The third kappa shape index (κ3) is 3.47. The molecule has 1 aromatic rings. The van der Waals surface area contributed by atoms with E-state index < -0.39 is 0 Å². The summed E-state index contributed by atoms with van der Waals surface area (Å²) < 4.78 is 0. The van der Waals surface area contributed by atoms with Gasteiger partial charge in [0.25, 0.3) is 5.91 Å². The van der Waals surface area contributed by atoms with E-state index in [-0.39, 0.29) is 11.7 Å². The Bertz CT molecular complexity index is 411. The number of carbonyl (C=O) groups excluding carboxylic acids is 1. The van der Waals surface area contributed by atoms with E-state index in [9.17, 15) is 9.90 Å². The second kappa shape index (κ2) is 6.57. The number of aromatic hydroxyl groups is 1. The predicted molar refractivity (Wildman–Crippen MR) is 75.1 cm³/mol. The molecule has 0 bridgehead atoms. The molecule has 1 aliphatic carbocycles. The van der Waals surface area contributed by atoms with Crippen LogP contribution >= 0.6 is 0 Å². The molecule has 104 valence electrons. The highest BCUT2D eigenvalue weighted by Crippen LogP contribution is 2.24. The van der Waals surface area contributed by atoms with Gasteiger partial charge in [-0.1, -0.05) is 19.3 Å². The highest BCUT2D eigenvalue weighted by Gasteiger charge is 2.25. The zero-order chi connectivity index (χ0) is 13.7. The molecule has 0 saturated heterocycles. The molecular weight excluding hydrogens is 240 g/mol. The Kier molecular flexibility index (Phi) is 4.80. The van der Waals surface area contributed by atoms with E-state index >= 15 is 0 Å². The smallest absolute Gasteiger partial charge is 0.254 e. The Hall–Kier alpha value is -1.55. The lowest BCUT2D eigenvalue weighted by molar-refractivity contribution is 0.0641. The Morgan fingerprint density at radius 2 is 1.84 bits per heavy atom. The van der Waals surface area contributed by atoms with Crippen LogP contribution < -0.4 is 5.73 Å². The molecule has 4 nitrogen and oxygen atoms in total. The summed E-state index contributed by atoms with van der Waals surface area (Å²) in [5.74, 6) is 0.206. The van der Waals surface area contributed by atoms with Gasteiger partial charge in [0, 0.05) is 24.7 Å². The summed E-state index contributed by atoms with van der Waals surface area (Å²) in [6, 6.07) is 6.76. The van der Waals surface area contributed by atoms with Crippen molar-refractivity contribution in [2.45, 2.75) is 38.1 Å². The second-order valence-corrected chi connectivity index (χ2v) is 5.13. The molecule has 1 amide bonds. The van der Waals surface area contributed by atoms with E-state index in [1.165, 1.54) is 19.3 Å². The molecule has 1 aromatic carbocycles. The third-order valence-electron chi connectivity index (χ3n) is 3.76. The summed E-state index contributed by atoms with van der Waals surface area (Å²) in [4.78, 5) is 14.4. The number of phenols is 1. The lowest BCUT2D eigenvalue weighted by Gasteiger charge is -2.34. The van der Waals surface area contributed by atoms with Crippen molar-refractivity contribution >= 4 is 5.91 Å². The normalized spacial score (nSPS) is 16.3. The fourth-order valence-electron chi connectivity index (χ4n) is 2.75. The average molecular weight is 262 g/mol. The first-order valence-electron chi connectivity index (χ1n) is 7.02. The minimum Gasteiger partial charge on any atom is -0.508 e. The third-order valence-corrected chi connectivity index (χ3v) is 3.76. The van der Waals surface area contributed by atoms with Crippen molar-refractivity contribution < 1.29 is 9.90 Å². The topological polar surface area (TPSA) is 66.6 Å². The Labute approximate surface area is 114 Å². The van der Waals surface area contributed by atoms with E-state index in [0.717, 1.165) is 12.8 Å². The van der Waals surface area contributed by atoms with Crippen LogP contribution in [0, 0.1) is 0 Å². The first-order chi connectivity index (χ1) is 9.22. The zero-order valence-electron chi connectivity index (χ0n) is 11.2. The molecular formula is C15H22N2O2. The van der Waals surface area contributed by atoms with Crippen molar-refractivity contribution in [1.29, 1.82) is 0 Å². The summed E-state index contributed by atoms with van der Waals surface area (Å²) in [5, 5.41) is 9.28. The molecule has 1 fully saturated rings. The molecule has 0 unspecified atom stereocenters. The molecule has 0 atom stereocenters. The Morgan fingerprint density at radius 1 is 1.21 bits per heavy atom. The molecule has 0 heterocycles. The van der Waals surface area contributed by atoms with Crippen LogP contribution in [0.3, 0.4) is 0 Å². The number of nitrogens with two attached hydrogens (primary N) is 1. The van der Waals surface area contributed by atoms with Gasteiger partial charge in [0.05, 0.1) is 0 Å². The van der Waals surface area contributed by atoms with Crippen molar-refractivity contribution in [3.63, 3.8) is 0 Å². The van der Waals surface area contributed by atoms with Crippen LogP contribution in [-0.2, 0) is 0 Å². The van der Waals surface area contributed by atoms with Crippen molar-refractivity contribution in [2.24, 2.45) is 5.73 Å². The van der Waals surface area contributed by atoms with Gasteiger partial charge in [-0.3, -0.25) is 4.79 Å². The first kappa shape index (κ1) is 13.9. The van der Waals surface area contributed by atoms with Crippen LogP contribution in [0.15, 0.2) is 24.3 Å². The van der Waals surface area contributed by atoms with E-state index in [1.54, 1.807) is 24.3 Å². The number of nitrogens with zero attached hydrogens (tertiary/aromatic N) is 1. The molecule has 3 N–H and O–H groups in total. The number of benzene rings is 1. The van der Waals surface area contributed by atoms with Crippen LogP contribution in [0.1, 0.15) is 42.5 Å².